The van der Waals surface area contributed by atoms with E-state index in [1.54, 1.807) is 12.1 Å². The normalized spacial score (nSPS) is 12.3. The summed E-state index contributed by atoms with van der Waals surface area (Å²) in [5, 5.41) is 3.14. The fourth-order valence-electron chi connectivity index (χ4n) is 4.96. The number of fused-ring (bicyclic) bond motifs is 1. The van der Waals surface area contributed by atoms with Crippen LogP contribution in [0.15, 0.2) is 91.0 Å². The van der Waals surface area contributed by atoms with Crippen LogP contribution in [0.5, 0.6) is 0 Å². The molecule has 5 aromatic rings. The molecule has 1 atom stereocenters. The molecular weight excluding hydrogens is 598 g/mol. The van der Waals surface area contributed by atoms with Crippen LogP contribution in [0.1, 0.15) is 52.1 Å². The van der Waals surface area contributed by atoms with Crippen LogP contribution in [0.4, 0.5) is 0 Å². The molecule has 0 fully saturated rings. The van der Waals surface area contributed by atoms with Crippen molar-refractivity contribution in [1.29, 1.82) is 0 Å². The van der Waals surface area contributed by atoms with Crippen molar-refractivity contribution in [3.63, 3.8) is 0 Å². The minimum Gasteiger partial charge on any atom is -0.345 e. The fraction of sp³-hybridized carbons (Fsp3) is 0.182. The van der Waals surface area contributed by atoms with Gasteiger partial charge in [-0.1, -0.05) is 91.7 Å². The third-order valence-electron chi connectivity index (χ3n) is 7.25. The maximum atomic E-state index is 13.7. The lowest BCUT2D eigenvalue weighted by atomic mass is 9.92. The summed E-state index contributed by atoms with van der Waals surface area (Å²) in [6.07, 6.45) is 1.51. The standard InChI is InChI=1S/C33H32ClN5O4S/c1-4-12-28(21-13-6-5-7-14-21)37-32(40)26-19-25(33(41)38-44(42,43)39(2)3)24(20-27(26)34)22-15-8-9-16-23(22)31-35-29-17-10-11-18-30(29)36-31/h5-11,13-20,28H,4,12H2,1-3H3,(H,35,36)(H,37,40)(H,38,41)/t28-/m1/s1. The SMILES string of the molecule is CCC[C@@H](NC(=O)c1cc(C(=O)NS(=O)(=O)N(C)C)c(-c2ccccc2-c2nc3ccccc3[nH]2)cc1Cl)c1ccccc1. The molecule has 0 bridgehead atoms. The van der Waals surface area contributed by atoms with E-state index in [1.165, 1.54) is 26.2 Å². The smallest absolute Gasteiger partial charge is 0.303 e. The molecule has 1 aromatic heterocycles. The molecule has 44 heavy (non-hydrogen) atoms. The van der Waals surface area contributed by atoms with Crippen molar-refractivity contribution in [1.82, 2.24) is 24.3 Å². The molecule has 3 N–H and O–H groups in total. The number of imidazole rings is 1. The number of rotatable bonds is 10. The lowest BCUT2D eigenvalue weighted by Gasteiger charge is -2.21. The van der Waals surface area contributed by atoms with Gasteiger partial charge in [-0.15, -0.1) is 0 Å². The number of aromatic amines is 1. The van der Waals surface area contributed by atoms with Gasteiger partial charge in [0.1, 0.15) is 5.82 Å². The molecule has 226 valence electrons. The summed E-state index contributed by atoms with van der Waals surface area (Å²) in [5.41, 5.74) is 4.10. The number of nitrogens with one attached hydrogen (secondary N) is 3. The molecule has 4 aromatic carbocycles. The van der Waals surface area contributed by atoms with E-state index in [0.29, 0.717) is 28.9 Å². The Morgan fingerprint density at radius 1 is 0.864 bits per heavy atom. The predicted octanol–water partition coefficient (Wildman–Crippen LogP) is 6.36. The molecule has 0 aliphatic carbocycles. The molecule has 1 heterocycles. The van der Waals surface area contributed by atoms with Crippen LogP contribution in [-0.4, -0.2) is 48.6 Å². The Balaban J connectivity index is 1.63. The van der Waals surface area contributed by atoms with Crippen LogP contribution in [0.25, 0.3) is 33.5 Å². The van der Waals surface area contributed by atoms with Crippen LogP contribution in [0, 0.1) is 0 Å². The van der Waals surface area contributed by atoms with Crippen molar-refractivity contribution in [2.24, 2.45) is 0 Å². The number of hydrogen-bond acceptors (Lipinski definition) is 5. The van der Waals surface area contributed by atoms with E-state index in [0.717, 1.165) is 27.3 Å². The van der Waals surface area contributed by atoms with Crippen molar-refractivity contribution in [2.75, 3.05) is 14.1 Å². The number of para-hydroxylation sites is 2. The number of nitrogens with zero attached hydrogens (tertiary/aromatic N) is 2. The molecule has 5 rings (SSSR count). The van der Waals surface area contributed by atoms with E-state index >= 15 is 0 Å². The van der Waals surface area contributed by atoms with Crippen LogP contribution in [-0.2, 0) is 10.2 Å². The minimum absolute atomic E-state index is 0.0414. The van der Waals surface area contributed by atoms with Gasteiger partial charge >= 0.3 is 10.2 Å². The summed E-state index contributed by atoms with van der Waals surface area (Å²) in [5.74, 6) is -0.844. The number of benzene rings is 4. The monoisotopic (exact) mass is 629 g/mol. The van der Waals surface area contributed by atoms with Gasteiger partial charge in [0.05, 0.1) is 27.7 Å². The highest BCUT2D eigenvalue weighted by atomic mass is 35.5. The van der Waals surface area contributed by atoms with E-state index < -0.39 is 22.0 Å². The first-order valence-corrected chi connectivity index (χ1v) is 15.9. The number of carbonyl (C=O) groups excluding carboxylic acids is 2. The average Bonchev–Trinajstić information content (AvgIpc) is 3.45. The van der Waals surface area contributed by atoms with Crippen molar-refractivity contribution in [3.8, 4) is 22.5 Å². The lowest BCUT2D eigenvalue weighted by Crippen LogP contribution is -2.39. The molecule has 0 saturated carbocycles. The van der Waals surface area contributed by atoms with E-state index in [2.05, 4.69) is 15.0 Å². The summed E-state index contributed by atoms with van der Waals surface area (Å²) in [6, 6.07) is 27.0. The molecule has 0 spiro atoms. The highest BCUT2D eigenvalue weighted by Gasteiger charge is 2.26. The third-order valence-corrected chi connectivity index (χ3v) is 8.96. The molecule has 0 unspecified atom stereocenters. The third kappa shape index (κ3) is 6.52. The van der Waals surface area contributed by atoms with Gasteiger partial charge in [0.15, 0.2) is 0 Å². The summed E-state index contributed by atoms with van der Waals surface area (Å²) in [6.45, 7) is 2.02. The number of amides is 2. The van der Waals surface area contributed by atoms with E-state index in [4.69, 9.17) is 16.6 Å². The van der Waals surface area contributed by atoms with Crippen molar-refractivity contribution >= 4 is 44.7 Å². The van der Waals surface area contributed by atoms with Gasteiger partial charge in [-0.2, -0.15) is 12.7 Å². The zero-order chi connectivity index (χ0) is 31.4. The van der Waals surface area contributed by atoms with Gasteiger partial charge in [-0.3, -0.25) is 9.59 Å². The highest BCUT2D eigenvalue weighted by Crippen LogP contribution is 2.37. The number of hydrogen-bond donors (Lipinski definition) is 3. The van der Waals surface area contributed by atoms with E-state index in [-0.39, 0.29) is 22.2 Å². The maximum absolute atomic E-state index is 13.7. The van der Waals surface area contributed by atoms with Gasteiger partial charge in [-0.25, -0.2) is 9.71 Å². The fourth-order valence-corrected chi connectivity index (χ4v) is 5.73. The van der Waals surface area contributed by atoms with Gasteiger partial charge in [-0.05, 0) is 47.4 Å². The van der Waals surface area contributed by atoms with E-state index in [1.807, 2.05) is 73.7 Å². The zero-order valence-electron chi connectivity index (χ0n) is 24.5. The lowest BCUT2D eigenvalue weighted by molar-refractivity contribution is 0.0934. The highest BCUT2D eigenvalue weighted by molar-refractivity contribution is 7.87. The van der Waals surface area contributed by atoms with Gasteiger partial charge in [0.25, 0.3) is 11.8 Å². The quantitative estimate of drug-likeness (QED) is 0.166. The van der Waals surface area contributed by atoms with Crippen molar-refractivity contribution < 1.29 is 18.0 Å². The van der Waals surface area contributed by atoms with Crippen LogP contribution in [0.2, 0.25) is 5.02 Å². The number of carbonyl (C=O) groups is 2. The van der Waals surface area contributed by atoms with E-state index in [9.17, 15) is 18.0 Å². The topological polar surface area (TPSA) is 124 Å². The Hall–Kier alpha value is -4.51. The molecule has 0 saturated heterocycles. The Bertz CT molecular complexity index is 1910. The number of H-pyrrole nitrogens is 1. The second kappa shape index (κ2) is 13.0. The Morgan fingerprint density at radius 2 is 1.52 bits per heavy atom. The molecule has 11 heteroatoms. The van der Waals surface area contributed by atoms with Crippen molar-refractivity contribution in [2.45, 2.75) is 25.8 Å². The number of aromatic nitrogens is 2. The molecule has 0 aliphatic heterocycles. The van der Waals surface area contributed by atoms with Gasteiger partial charge in [0.2, 0.25) is 0 Å². The summed E-state index contributed by atoms with van der Waals surface area (Å²) >= 11 is 6.76. The zero-order valence-corrected chi connectivity index (χ0v) is 26.0. The Kier molecular flexibility index (Phi) is 9.14. The summed E-state index contributed by atoms with van der Waals surface area (Å²) in [4.78, 5) is 35.3. The molecule has 0 radical (unpaired) electrons. The Morgan fingerprint density at radius 3 is 2.20 bits per heavy atom. The minimum atomic E-state index is -4.15. The molecule has 0 aliphatic rings. The van der Waals surface area contributed by atoms with Crippen LogP contribution in [0.3, 0.4) is 0 Å². The second-order valence-electron chi connectivity index (χ2n) is 10.5. The molecular formula is C33H32ClN5O4S. The summed E-state index contributed by atoms with van der Waals surface area (Å²) in [7, 11) is -1.53. The average molecular weight is 630 g/mol. The van der Waals surface area contributed by atoms with Gasteiger partial charge in [0, 0.05) is 25.2 Å². The second-order valence-corrected chi connectivity index (χ2v) is 12.8. The first-order chi connectivity index (χ1) is 21.1. The predicted molar refractivity (Wildman–Crippen MR) is 174 cm³/mol. The first kappa shape index (κ1) is 30.9. The van der Waals surface area contributed by atoms with Gasteiger partial charge < -0.3 is 10.3 Å². The number of halogens is 1. The van der Waals surface area contributed by atoms with Crippen LogP contribution >= 0.6 is 11.6 Å². The molecule has 2 amide bonds. The summed E-state index contributed by atoms with van der Waals surface area (Å²) < 4.78 is 28.4. The maximum Gasteiger partial charge on any atom is 0.303 e. The largest absolute Gasteiger partial charge is 0.345 e. The first-order valence-electron chi connectivity index (χ1n) is 14.1. The Labute approximate surface area is 261 Å². The van der Waals surface area contributed by atoms with Crippen LogP contribution < -0.4 is 10.0 Å². The van der Waals surface area contributed by atoms with Crippen molar-refractivity contribution in [3.05, 3.63) is 113 Å². The molecule has 9 nitrogen and oxygen atoms in total.